The number of aliphatic hydroxyl groups is 1. The normalized spacial score (nSPS) is 9.00. The molecule has 0 atom stereocenters. The Morgan fingerprint density at radius 3 is 3.07 bits per heavy atom. The fraction of sp³-hybridized carbons (Fsp3) is 0.222. The van der Waals surface area contributed by atoms with Gasteiger partial charge in [-0.05, 0) is 12.1 Å². The summed E-state index contributed by atoms with van der Waals surface area (Å²) in [7, 11) is 0. The van der Waals surface area contributed by atoms with Crippen molar-refractivity contribution in [3.8, 4) is 11.8 Å². The Hall–Kier alpha value is -1.35. The average molecular weight is 210 g/mol. The van der Waals surface area contributed by atoms with Gasteiger partial charge in [-0.15, -0.1) is 11.3 Å². The topological polar surface area (TPSA) is 75.3 Å². The van der Waals surface area contributed by atoms with Crippen LogP contribution in [-0.4, -0.2) is 17.6 Å². The maximum Gasteiger partial charge on any atom is 0.275 e. The smallest absolute Gasteiger partial charge is 0.275 e. The van der Waals surface area contributed by atoms with Gasteiger partial charge in [0.25, 0.3) is 5.91 Å². The molecule has 0 unspecified atom stereocenters. The lowest BCUT2D eigenvalue weighted by atomic mass is 10.4. The summed E-state index contributed by atoms with van der Waals surface area (Å²) in [5, 5.41) is 8.50. The van der Waals surface area contributed by atoms with Crippen LogP contribution in [0.4, 0.5) is 0 Å². The Bertz CT molecular complexity index is 376. The minimum absolute atomic E-state index is 0.0501. The predicted molar refractivity (Wildman–Crippen MR) is 54.6 cm³/mol. The number of aliphatic hydroxyl groups excluding tert-OH is 1. The SMILES string of the molecule is NNC(=O)c1ccc(C#CCCO)s1. The van der Waals surface area contributed by atoms with E-state index < -0.39 is 0 Å². The highest BCUT2D eigenvalue weighted by Gasteiger charge is 2.05. The van der Waals surface area contributed by atoms with Gasteiger partial charge in [-0.25, -0.2) is 5.84 Å². The Morgan fingerprint density at radius 1 is 1.64 bits per heavy atom. The number of amides is 1. The van der Waals surface area contributed by atoms with E-state index >= 15 is 0 Å². The van der Waals surface area contributed by atoms with Crippen LogP contribution in [0.2, 0.25) is 0 Å². The van der Waals surface area contributed by atoms with Gasteiger partial charge < -0.3 is 5.11 Å². The number of hydrogen-bond donors (Lipinski definition) is 3. The maximum atomic E-state index is 11.0. The van der Waals surface area contributed by atoms with Crippen molar-refractivity contribution in [1.82, 2.24) is 5.43 Å². The highest BCUT2D eigenvalue weighted by atomic mass is 32.1. The van der Waals surface area contributed by atoms with Crippen LogP contribution in [0.5, 0.6) is 0 Å². The van der Waals surface area contributed by atoms with Gasteiger partial charge in [-0.2, -0.15) is 0 Å². The van der Waals surface area contributed by atoms with E-state index in [4.69, 9.17) is 10.9 Å². The Labute approximate surface area is 85.7 Å². The Balaban J connectivity index is 2.70. The van der Waals surface area contributed by atoms with Crippen molar-refractivity contribution < 1.29 is 9.90 Å². The van der Waals surface area contributed by atoms with Crippen molar-refractivity contribution in [3.05, 3.63) is 21.9 Å². The average Bonchev–Trinajstić information content (AvgIpc) is 2.66. The number of thiophene rings is 1. The Morgan fingerprint density at radius 2 is 2.43 bits per heavy atom. The molecule has 1 heterocycles. The predicted octanol–water partition coefficient (Wildman–Crippen LogP) is 0.0855. The molecule has 1 rings (SSSR count). The number of rotatable bonds is 2. The van der Waals surface area contributed by atoms with E-state index in [1.54, 1.807) is 12.1 Å². The molecular weight excluding hydrogens is 200 g/mol. The van der Waals surface area contributed by atoms with E-state index in [-0.39, 0.29) is 12.5 Å². The van der Waals surface area contributed by atoms with Gasteiger partial charge >= 0.3 is 0 Å². The minimum Gasteiger partial charge on any atom is -0.395 e. The van der Waals surface area contributed by atoms with E-state index in [0.29, 0.717) is 11.3 Å². The highest BCUT2D eigenvalue weighted by molar-refractivity contribution is 7.14. The molecule has 74 valence electrons. The first kappa shape index (κ1) is 10.7. The van der Waals surface area contributed by atoms with Crippen molar-refractivity contribution in [2.45, 2.75) is 6.42 Å². The van der Waals surface area contributed by atoms with Crippen LogP contribution in [0, 0.1) is 11.8 Å². The standard InChI is InChI=1S/C9H10N2O2S/c10-11-9(13)8-5-4-7(14-8)3-1-2-6-12/h4-5,12H,2,6,10H2,(H,11,13). The highest BCUT2D eigenvalue weighted by Crippen LogP contribution is 2.14. The minimum atomic E-state index is -0.315. The molecule has 0 aliphatic rings. The van der Waals surface area contributed by atoms with Gasteiger partial charge in [-0.3, -0.25) is 10.2 Å². The molecule has 0 fully saturated rings. The van der Waals surface area contributed by atoms with Crippen molar-refractivity contribution in [1.29, 1.82) is 0 Å². The maximum absolute atomic E-state index is 11.0. The van der Waals surface area contributed by atoms with Gasteiger partial charge in [0.1, 0.15) is 0 Å². The lowest BCUT2D eigenvalue weighted by Crippen LogP contribution is -2.29. The second kappa shape index (κ2) is 5.40. The van der Waals surface area contributed by atoms with Crippen LogP contribution in [0.15, 0.2) is 12.1 Å². The van der Waals surface area contributed by atoms with Gasteiger partial charge in [-0.1, -0.05) is 11.8 Å². The molecule has 5 heteroatoms. The van der Waals surface area contributed by atoms with Gasteiger partial charge in [0, 0.05) is 6.42 Å². The third-order valence-electron chi connectivity index (χ3n) is 1.41. The third-order valence-corrected chi connectivity index (χ3v) is 2.41. The number of nitrogens with one attached hydrogen (secondary N) is 1. The number of carbonyl (C=O) groups excluding carboxylic acids is 1. The summed E-state index contributed by atoms with van der Waals surface area (Å²) >= 11 is 1.27. The molecule has 0 bridgehead atoms. The fourth-order valence-electron chi connectivity index (χ4n) is 0.804. The summed E-state index contributed by atoms with van der Waals surface area (Å²) in [5.74, 6) is 10.3. The molecule has 0 aromatic carbocycles. The monoisotopic (exact) mass is 210 g/mol. The molecule has 0 aliphatic heterocycles. The summed E-state index contributed by atoms with van der Waals surface area (Å²) in [4.78, 5) is 12.4. The van der Waals surface area contributed by atoms with Gasteiger partial charge in [0.15, 0.2) is 0 Å². The van der Waals surface area contributed by atoms with Gasteiger partial charge in [0.2, 0.25) is 0 Å². The molecular formula is C9H10N2O2S. The summed E-state index contributed by atoms with van der Waals surface area (Å²) in [6, 6.07) is 3.41. The molecule has 0 saturated heterocycles. The molecule has 14 heavy (non-hydrogen) atoms. The Kier molecular flexibility index (Phi) is 4.13. The zero-order valence-electron chi connectivity index (χ0n) is 7.41. The molecule has 0 spiro atoms. The van der Waals surface area contributed by atoms with Crippen LogP contribution in [0.3, 0.4) is 0 Å². The second-order valence-corrected chi connectivity index (χ2v) is 3.50. The first-order valence-electron chi connectivity index (χ1n) is 3.98. The second-order valence-electron chi connectivity index (χ2n) is 2.41. The number of nitrogens with two attached hydrogens (primary N) is 1. The lowest BCUT2D eigenvalue weighted by molar-refractivity contribution is 0.0957. The molecule has 0 radical (unpaired) electrons. The van der Waals surface area contributed by atoms with E-state index in [2.05, 4.69) is 11.8 Å². The van der Waals surface area contributed by atoms with E-state index in [0.717, 1.165) is 4.88 Å². The fourth-order valence-corrected chi connectivity index (χ4v) is 1.59. The summed E-state index contributed by atoms with van der Waals surface area (Å²) < 4.78 is 0. The summed E-state index contributed by atoms with van der Waals surface area (Å²) in [6.45, 7) is 0.0501. The van der Waals surface area contributed by atoms with Crippen molar-refractivity contribution in [2.75, 3.05) is 6.61 Å². The first-order valence-corrected chi connectivity index (χ1v) is 4.80. The van der Waals surface area contributed by atoms with Crippen LogP contribution in [-0.2, 0) is 0 Å². The van der Waals surface area contributed by atoms with Crippen molar-refractivity contribution in [2.24, 2.45) is 5.84 Å². The molecule has 1 amide bonds. The quantitative estimate of drug-likeness (QED) is 0.280. The van der Waals surface area contributed by atoms with Crippen LogP contribution in [0.25, 0.3) is 0 Å². The van der Waals surface area contributed by atoms with Crippen molar-refractivity contribution >= 4 is 17.2 Å². The summed E-state index contributed by atoms with van der Waals surface area (Å²) in [6.07, 6.45) is 0.441. The first-order chi connectivity index (χ1) is 6.77. The van der Waals surface area contributed by atoms with Crippen LogP contribution in [0.1, 0.15) is 21.0 Å². The largest absolute Gasteiger partial charge is 0.395 e. The number of hydrogen-bond acceptors (Lipinski definition) is 4. The van der Waals surface area contributed by atoms with Crippen molar-refractivity contribution in [3.63, 3.8) is 0 Å². The molecule has 1 aromatic heterocycles. The molecule has 4 N–H and O–H groups in total. The van der Waals surface area contributed by atoms with Crippen LogP contribution >= 0.6 is 11.3 Å². The van der Waals surface area contributed by atoms with Gasteiger partial charge in [0.05, 0.1) is 16.4 Å². The zero-order valence-corrected chi connectivity index (χ0v) is 8.23. The molecule has 4 nitrogen and oxygen atoms in total. The molecule has 1 aromatic rings. The number of hydrazine groups is 1. The number of carbonyl (C=O) groups is 1. The van der Waals surface area contributed by atoms with E-state index in [1.807, 2.05) is 5.43 Å². The van der Waals surface area contributed by atoms with E-state index in [1.165, 1.54) is 11.3 Å². The summed E-state index contributed by atoms with van der Waals surface area (Å²) in [5.41, 5.74) is 2.05. The lowest BCUT2D eigenvalue weighted by Gasteiger charge is -1.91. The van der Waals surface area contributed by atoms with Crippen LogP contribution < -0.4 is 11.3 Å². The number of nitrogen functional groups attached to an aromatic ring is 1. The van der Waals surface area contributed by atoms with E-state index in [9.17, 15) is 4.79 Å². The third kappa shape index (κ3) is 2.85. The molecule has 0 aliphatic carbocycles. The zero-order chi connectivity index (χ0) is 10.4. The molecule has 0 saturated carbocycles.